The number of hydrogen-bond acceptors (Lipinski definition) is 3. The summed E-state index contributed by atoms with van der Waals surface area (Å²) in [5.74, 6) is 0.665. The fraction of sp³-hybridized carbons (Fsp3) is 0.0169. The highest BCUT2D eigenvalue weighted by molar-refractivity contribution is 6.10. The van der Waals surface area contributed by atoms with Crippen molar-refractivity contribution in [1.29, 1.82) is 0 Å². The molecule has 62 heavy (non-hydrogen) atoms. The monoisotopic (exact) mass is 790 g/mol. The Bertz CT molecular complexity index is 3420. The van der Waals surface area contributed by atoms with Crippen molar-refractivity contribution in [2.45, 2.75) is 5.41 Å². The van der Waals surface area contributed by atoms with Crippen molar-refractivity contribution in [3.63, 3.8) is 0 Å². The molecule has 0 bridgehead atoms. The van der Waals surface area contributed by atoms with Crippen LogP contribution in [0.3, 0.4) is 0 Å². The first-order valence-corrected chi connectivity index (χ1v) is 21.2. The summed E-state index contributed by atoms with van der Waals surface area (Å²) >= 11 is 0. The molecule has 3 nitrogen and oxygen atoms in total. The second kappa shape index (κ2) is 14.5. The normalized spacial score (nSPS) is 12.6. The second-order valence-corrected chi connectivity index (χ2v) is 16.0. The molecule has 0 saturated heterocycles. The van der Waals surface area contributed by atoms with Gasteiger partial charge in [-0.05, 0) is 62.2 Å². The molecule has 0 amide bonds. The van der Waals surface area contributed by atoms with E-state index in [2.05, 4.69) is 200 Å². The second-order valence-electron chi connectivity index (χ2n) is 16.0. The van der Waals surface area contributed by atoms with Gasteiger partial charge in [-0.2, -0.15) is 0 Å². The summed E-state index contributed by atoms with van der Waals surface area (Å²) in [6, 6.07) is 82.2. The van der Waals surface area contributed by atoms with Gasteiger partial charge in [-0.3, -0.25) is 0 Å². The highest BCUT2D eigenvalue weighted by atomic mass is 16.3. The third-order valence-corrected chi connectivity index (χ3v) is 12.6. The third kappa shape index (κ3) is 5.52. The van der Waals surface area contributed by atoms with Gasteiger partial charge in [-0.15, -0.1) is 0 Å². The third-order valence-electron chi connectivity index (χ3n) is 12.6. The van der Waals surface area contributed by atoms with E-state index < -0.39 is 5.41 Å². The Hall–Kier alpha value is -8.14. The van der Waals surface area contributed by atoms with Crippen LogP contribution in [0.25, 0.3) is 89.2 Å². The van der Waals surface area contributed by atoms with Gasteiger partial charge in [0.25, 0.3) is 0 Å². The van der Waals surface area contributed by atoms with Gasteiger partial charge in [-0.1, -0.05) is 218 Å². The van der Waals surface area contributed by atoms with Crippen LogP contribution in [-0.4, -0.2) is 9.97 Å². The van der Waals surface area contributed by atoms with Crippen molar-refractivity contribution in [3.05, 3.63) is 253 Å². The zero-order chi connectivity index (χ0) is 41.0. The average molecular weight is 791 g/mol. The topological polar surface area (TPSA) is 38.9 Å². The van der Waals surface area contributed by atoms with Gasteiger partial charge >= 0.3 is 0 Å². The first-order valence-electron chi connectivity index (χ1n) is 21.2. The number of benzene rings is 9. The lowest BCUT2D eigenvalue weighted by molar-refractivity contribution is 0.670. The summed E-state index contributed by atoms with van der Waals surface area (Å²) in [6.45, 7) is 0. The summed E-state index contributed by atoms with van der Waals surface area (Å²) in [7, 11) is 0. The minimum atomic E-state index is -0.569. The molecule has 9 aromatic carbocycles. The van der Waals surface area contributed by atoms with Gasteiger partial charge in [-0.25, -0.2) is 9.97 Å². The minimum Gasteiger partial charge on any atom is -0.455 e. The van der Waals surface area contributed by atoms with E-state index in [1.54, 1.807) is 0 Å². The van der Waals surface area contributed by atoms with E-state index >= 15 is 0 Å². The van der Waals surface area contributed by atoms with Gasteiger partial charge < -0.3 is 4.42 Å². The number of nitrogens with zero attached hydrogens (tertiary/aromatic N) is 2. The Morgan fingerprint density at radius 1 is 0.339 bits per heavy atom. The molecule has 290 valence electrons. The van der Waals surface area contributed by atoms with Crippen molar-refractivity contribution in [3.8, 4) is 67.3 Å². The van der Waals surface area contributed by atoms with Gasteiger partial charge in [0, 0.05) is 33.0 Å². The molecule has 1 aliphatic rings. The Morgan fingerprint density at radius 3 is 1.45 bits per heavy atom. The van der Waals surface area contributed by atoms with E-state index in [1.165, 1.54) is 38.9 Å². The van der Waals surface area contributed by atoms with Crippen LogP contribution in [0.4, 0.5) is 0 Å². The number of para-hydroxylation sites is 2. The summed E-state index contributed by atoms with van der Waals surface area (Å²) < 4.78 is 6.59. The van der Waals surface area contributed by atoms with E-state index in [-0.39, 0.29) is 0 Å². The SMILES string of the molecule is c1ccc(-c2nc(-c3ccccc3-c3cccc4c3C(c3ccccc3)(c3ccccc3)c3ccccc3-4)cc(-c3ccccc3-c3cccc4c3oc3ccccc34)n2)cc1. The quantitative estimate of drug-likeness (QED) is 0.161. The highest BCUT2D eigenvalue weighted by Crippen LogP contribution is 2.59. The van der Waals surface area contributed by atoms with Crippen molar-refractivity contribution in [2.75, 3.05) is 0 Å². The van der Waals surface area contributed by atoms with E-state index in [9.17, 15) is 0 Å². The minimum absolute atomic E-state index is 0.569. The van der Waals surface area contributed by atoms with Crippen molar-refractivity contribution in [2.24, 2.45) is 0 Å². The Morgan fingerprint density at radius 2 is 0.790 bits per heavy atom. The Kier molecular flexibility index (Phi) is 8.39. The summed E-state index contributed by atoms with van der Waals surface area (Å²) in [4.78, 5) is 10.8. The molecule has 12 rings (SSSR count). The number of fused-ring (bicyclic) bond motifs is 6. The van der Waals surface area contributed by atoms with Gasteiger partial charge in [0.15, 0.2) is 5.82 Å². The molecule has 0 spiro atoms. The van der Waals surface area contributed by atoms with Crippen LogP contribution < -0.4 is 0 Å². The van der Waals surface area contributed by atoms with E-state index in [0.29, 0.717) is 5.82 Å². The Balaban J connectivity index is 1.11. The van der Waals surface area contributed by atoms with Gasteiger partial charge in [0.2, 0.25) is 0 Å². The molecule has 11 aromatic rings. The predicted octanol–water partition coefficient (Wildman–Crippen LogP) is 15.1. The Labute approximate surface area is 360 Å². The van der Waals surface area contributed by atoms with Crippen LogP contribution in [0.2, 0.25) is 0 Å². The molecule has 0 saturated carbocycles. The maximum Gasteiger partial charge on any atom is 0.160 e. The number of rotatable bonds is 7. The zero-order valence-corrected chi connectivity index (χ0v) is 33.7. The van der Waals surface area contributed by atoms with Gasteiger partial charge in [0.05, 0.1) is 16.8 Å². The molecule has 2 aromatic heterocycles. The summed E-state index contributed by atoms with van der Waals surface area (Å²) in [6.07, 6.45) is 0. The smallest absolute Gasteiger partial charge is 0.160 e. The summed E-state index contributed by atoms with van der Waals surface area (Å²) in [5.41, 5.74) is 17.7. The van der Waals surface area contributed by atoms with Crippen LogP contribution in [0, 0.1) is 0 Å². The molecule has 0 N–H and O–H groups in total. The van der Waals surface area contributed by atoms with Crippen LogP contribution in [0.1, 0.15) is 22.3 Å². The first kappa shape index (κ1) is 35.8. The zero-order valence-electron chi connectivity index (χ0n) is 33.7. The molecule has 1 aliphatic carbocycles. The van der Waals surface area contributed by atoms with Crippen LogP contribution in [-0.2, 0) is 5.41 Å². The number of furan rings is 1. The molecule has 2 heterocycles. The van der Waals surface area contributed by atoms with E-state index in [4.69, 9.17) is 14.4 Å². The lowest BCUT2D eigenvalue weighted by Gasteiger charge is -2.35. The molecule has 0 unspecified atom stereocenters. The van der Waals surface area contributed by atoms with Gasteiger partial charge in [0.1, 0.15) is 11.2 Å². The van der Waals surface area contributed by atoms with Crippen LogP contribution in [0.15, 0.2) is 235 Å². The number of hydrogen-bond donors (Lipinski definition) is 0. The molecule has 0 fully saturated rings. The standard InChI is InChI=1S/C59H38N2O/c1-4-20-39(21-5-1)58-60-53(38-54(61-58)46-30-13-11-27-43(46)50-34-19-35-51-47-31-15-17-37-55(47)62-57(50)51)45-29-12-10-26-42(45)48-32-18-33-49-44-28-14-16-36-52(44)59(56(48)49,40-22-6-2-7-23-40)41-24-8-3-9-25-41/h1-38H. The first-order chi connectivity index (χ1) is 30.8. The van der Waals surface area contributed by atoms with Crippen molar-refractivity contribution in [1.82, 2.24) is 9.97 Å². The lowest BCUT2D eigenvalue weighted by atomic mass is 9.66. The molecule has 0 atom stereocenters. The number of aromatic nitrogens is 2. The van der Waals surface area contributed by atoms with Crippen LogP contribution in [0.5, 0.6) is 0 Å². The predicted molar refractivity (Wildman–Crippen MR) is 254 cm³/mol. The maximum atomic E-state index is 6.59. The average Bonchev–Trinajstić information content (AvgIpc) is 3.89. The fourth-order valence-corrected chi connectivity index (χ4v) is 10.0. The van der Waals surface area contributed by atoms with Crippen LogP contribution >= 0.6 is 0 Å². The van der Waals surface area contributed by atoms with E-state index in [0.717, 1.165) is 66.7 Å². The van der Waals surface area contributed by atoms with Crippen molar-refractivity contribution < 1.29 is 4.42 Å². The molecular formula is C59H38N2O. The highest BCUT2D eigenvalue weighted by Gasteiger charge is 2.47. The fourth-order valence-electron chi connectivity index (χ4n) is 10.0. The maximum absolute atomic E-state index is 6.59. The largest absolute Gasteiger partial charge is 0.455 e. The lowest BCUT2D eigenvalue weighted by Crippen LogP contribution is -2.29. The molecule has 0 radical (unpaired) electrons. The van der Waals surface area contributed by atoms with E-state index in [1.807, 2.05) is 30.3 Å². The molecule has 3 heteroatoms. The molecule has 0 aliphatic heterocycles. The van der Waals surface area contributed by atoms with Crippen molar-refractivity contribution >= 4 is 21.9 Å². The molecular weight excluding hydrogens is 753 g/mol. The summed E-state index contributed by atoms with van der Waals surface area (Å²) in [5, 5.41) is 2.20.